The van der Waals surface area contributed by atoms with E-state index in [-0.39, 0.29) is 5.91 Å². The van der Waals surface area contributed by atoms with Crippen molar-refractivity contribution in [1.82, 2.24) is 5.43 Å². The van der Waals surface area contributed by atoms with Crippen molar-refractivity contribution < 1.29 is 4.79 Å². The van der Waals surface area contributed by atoms with Crippen molar-refractivity contribution in [2.24, 2.45) is 10.1 Å². The van der Waals surface area contributed by atoms with Gasteiger partial charge in [0.05, 0.1) is 11.4 Å². The number of benzene rings is 2. The van der Waals surface area contributed by atoms with Gasteiger partial charge in [-0.15, -0.1) is 0 Å². The van der Waals surface area contributed by atoms with E-state index in [1.165, 1.54) is 5.56 Å². The van der Waals surface area contributed by atoms with Crippen LogP contribution in [-0.2, 0) is 11.2 Å². The molecule has 0 saturated carbocycles. The summed E-state index contributed by atoms with van der Waals surface area (Å²) in [7, 11) is 0. The maximum absolute atomic E-state index is 11.5. The molecule has 25 heavy (non-hydrogen) atoms. The van der Waals surface area contributed by atoms with Gasteiger partial charge in [0.25, 0.3) is 0 Å². The van der Waals surface area contributed by atoms with Gasteiger partial charge in [-0.2, -0.15) is 5.10 Å². The van der Waals surface area contributed by atoms with Crippen LogP contribution < -0.4 is 10.7 Å². The van der Waals surface area contributed by atoms with Crippen LogP contribution in [0.1, 0.15) is 17.5 Å². The van der Waals surface area contributed by atoms with Gasteiger partial charge in [-0.25, -0.2) is 4.99 Å². The topological polar surface area (TPSA) is 65.8 Å². The molecule has 0 saturated heterocycles. The van der Waals surface area contributed by atoms with Gasteiger partial charge in [0.1, 0.15) is 0 Å². The van der Waals surface area contributed by atoms with Gasteiger partial charge < -0.3 is 5.32 Å². The van der Waals surface area contributed by atoms with Gasteiger partial charge in [0, 0.05) is 22.3 Å². The molecule has 0 fully saturated rings. The molecule has 2 aliphatic heterocycles. The molecule has 5 nitrogen and oxygen atoms in total. The molecule has 2 aromatic carbocycles. The molecule has 4 rings (SSSR count). The first-order chi connectivity index (χ1) is 12.2. The molecule has 2 heterocycles. The number of thioether (sulfide) groups is 1. The lowest BCUT2D eigenvalue weighted by Gasteiger charge is -2.19. The molecule has 0 unspecified atom stereocenters. The number of carbonyl (C=O) groups excluding carboxylic acids is 1. The minimum atomic E-state index is 0.0841. The number of halogens is 1. The van der Waals surface area contributed by atoms with Gasteiger partial charge in [0.2, 0.25) is 5.91 Å². The highest BCUT2D eigenvalue weighted by atomic mass is 79.9. The van der Waals surface area contributed by atoms with Crippen LogP contribution in [0.15, 0.2) is 57.0 Å². The molecule has 2 aromatic rings. The zero-order valence-corrected chi connectivity index (χ0v) is 15.7. The third-order valence-electron chi connectivity index (χ3n) is 4.00. The first kappa shape index (κ1) is 16.4. The predicted octanol–water partition coefficient (Wildman–Crippen LogP) is 4.06. The molecule has 2 N–H and O–H groups in total. The quantitative estimate of drug-likeness (QED) is 0.778. The molecule has 0 spiro atoms. The number of hydrogen-bond acceptors (Lipinski definition) is 4. The zero-order valence-electron chi connectivity index (χ0n) is 13.3. The number of amides is 1. The lowest BCUT2D eigenvalue weighted by Crippen LogP contribution is -2.25. The molecule has 7 heteroatoms. The van der Waals surface area contributed by atoms with E-state index in [9.17, 15) is 4.79 Å². The number of nitrogens with zero attached hydrogens (tertiary/aromatic N) is 2. The Morgan fingerprint density at radius 1 is 1.16 bits per heavy atom. The summed E-state index contributed by atoms with van der Waals surface area (Å²) in [4.78, 5) is 16.0. The first-order valence-electron chi connectivity index (χ1n) is 7.90. The molecule has 2 aliphatic rings. The number of hydrogen-bond donors (Lipinski definition) is 2. The van der Waals surface area contributed by atoms with E-state index < -0.39 is 0 Å². The van der Waals surface area contributed by atoms with Crippen molar-refractivity contribution in [2.75, 3.05) is 11.1 Å². The minimum Gasteiger partial charge on any atom is -0.326 e. The van der Waals surface area contributed by atoms with Crippen LogP contribution in [0.5, 0.6) is 0 Å². The van der Waals surface area contributed by atoms with Gasteiger partial charge in [-0.3, -0.25) is 10.2 Å². The standard InChI is InChI=1S/C18H15BrN4OS/c19-13-2-1-3-14(9-13)20-18-23-22-16(10-25-18)12-4-6-15-11(8-12)5-7-17(24)21-15/h1-4,6,8-9H,5,7,10H2,(H,20,23)(H,21,24). The summed E-state index contributed by atoms with van der Waals surface area (Å²) in [5.74, 6) is 0.839. The highest BCUT2D eigenvalue weighted by Crippen LogP contribution is 2.26. The Hall–Kier alpha value is -2.12. The largest absolute Gasteiger partial charge is 0.326 e. The summed E-state index contributed by atoms with van der Waals surface area (Å²) >= 11 is 5.08. The minimum absolute atomic E-state index is 0.0841. The van der Waals surface area contributed by atoms with Crippen molar-refractivity contribution in [3.63, 3.8) is 0 Å². The van der Waals surface area contributed by atoms with E-state index in [2.05, 4.69) is 42.8 Å². The SMILES string of the molecule is O=C1CCc2cc(C3=NNC(=Nc4cccc(Br)c4)SC3)ccc2N1. The van der Waals surface area contributed by atoms with E-state index in [0.717, 1.165) is 44.5 Å². The van der Waals surface area contributed by atoms with E-state index in [4.69, 9.17) is 0 Å². The van der Waals surface area contributed by atoms with Crippen molar-refractivity contribution in [3.05, 3.63) is 58.1 Å². The van der Waals surface area contributed by atoms with Crippen LogP contribution in [0.4, 0.5) is 11.4 Å². The Kier molecular flexibility index (Phi) is 4.59. The summed E-state index contributed by atoms with van der Waals surface area (Å²) in [5.41, 5.74) is 8.06. The zero-order chi connectivity index (χ0) is 17.2. The van der Waals surface area contributed by atoms with Gasteiger partial charge >= 0.3 is 0 Å². The van der Waals surface area contributed by atoms with Crippen LogP contribution in [0.3, 0.4) is 0 Å². The number of carbonyl (C=O) groups is 1. The van der Waals surface area contributed by atoms with Crippen LogP contribution >= 0.6 is 27.7 Å². The molecule has 0 aromatic heterocycles. The number of amidine groups is 1. The van der Waals surface area contributed by atoms with Gasteiger partial charge in [-0.05, 0) is 47.9 Å². The number of nitrogens with one attached hydrogen (secondary N) is 2. The average molecular weight is 415 g/mol. The third-order valence-corrected chi connectivity index (χ3v) is 5.37. The second-order valence-corrected chi connectivity index (χ2v) is 7.66. The Labute approximate surface area is 158 Å². The lowest BCUT2D eigenvalue weighted by atomic mass is 9.99. The molecule has 0 aliphatic carbocycles. The number of rotatable bonds is 2. The smallest absolute Gasteiger partial charge is 0.224 e. The normalized spacial score (nSPS) is 18.2. The van der Waals surface area contributed by atoms with Crippen LogP contribution in [-0.4, -0.2) is 22.5 Å². The fourth-order valence-electron chi connectivity index (χ4n) is 2.75. The van der Waals surface area contributed by atoms with E-state index in [1.807, 2.05) is 36.4 Å². The lowest BCUT2D eigenvalue weighted by molar-refractivity contribution is -0.116. The van der Waals surface area contributed by atoms with Crippen LogP contribution in [0.25, 0.3) is 0 Å². The first-order valence-corrected chi connectivity index (χ1v) is 9.68. The number of hydrazone groups is 1. The second-order valence-electron chi connectivity index (χ2n) is 5.78. The Balaban J connectivity index is 1.52. The fraction of sp³-hybridized carbons (Fsp3) is 0.167. The maximum atomic E-state index is 11.5. The van der Waals surface area contributed by atoms with Crippen molar-refractivity contribution in [3.8, 4) is 0 Å². The summed E-state index contributed by atoms with van der Waals surface area (Å²) in [5, 5.41) is 8.17. The van der Waals surface area contributed by atoms with Crippen molar-refractivity contribution in [2.45, 2.75) is 12.8 Å². The van der Waals surface area contributed by atoms with Crippen LogP contribution in [0.2, 0.25) is 0 Å². The Morgan fingerprint density at radius 3 is 2.88 bits per heavy atom. The Bertz CT molecular complexity index is 910. The van der Waals surface area contributed by atoms with E-state index in [0.29, 0.717) is 6.42 Å². The van der Waals surface area contributed by atoms with E-state index >= 15 is 0 Å². The number of fused-ring (bicyclic) bond motifs is 1. The summed E-state index contributed by atoms with van der Waals surface area (Å²) in [6, 6.07) is 13.9. The number of aliphatic imine (C=N–C) groups is 1. The second kappa shape index (κ2) is 7.01. The maximum Gasteiger partial charge on any atom is 0.224 e. The summed E-state index contributed by atoms with van der Waals surface area (Å²) in [6.45, 7) is 0. The highest BCUT2D eigenvalue weighted by Gasteiger charge is 2.18. The number of anilines is 1. The van der Waals surface area contributed by atoms with Gasteiger partial charge in [-0.1, -0.05) is 39.8 Å². The third kappa shape index (κ3) is 3.77. The molecular weight excluding hydrogens is 400 g/mol. The predicted molar refractivity (Wildman–Crippen MR) is 107 cm³/mol. The molecule has 1 amide bonds. The highest BCUT2D eigenvalue weighted by molar-refractivity contribution is 9.10. The summed E-state index contributed by atoms with van der Waals surface area (Å²) in [6.07, 6.45) is 1.32. The molecule has 0 radical (unpaired) electrons. The van der Waals surface area contributed by atoms with Crippen molar-refractivity contribution >= 4 is 55.9 Å². The summed E-state index contributed by atoms with van der Waals surface area (Å²) < 4.78 is 1.00. The fourth-order valence-corrected chi connectivity index (χ4v) is 3.92. The monoisotopic (exact) mass is 414 g/mol. The molecule has 0 atom stereocenters. The average Bonchev–Trinajstić information content (AvgIpc) is 2.62. The molecular formula is C18H15BrN4OS. The van der Waals surface area contributed by atoms with Gasteiger partial charge in [0.15, 0.2) is 5.17 Å². The Morgan fingerprint density at radius 2 is 2.08 bits per heavy atom. The van der Waals surface area contributed by atoms with E-state index in [1.54, 1.807) is 11.8 Å². The van der Waals surface area contributed by atoms with Crippen molar-refractivity contribution in [1.29, 1.82) is 0 Å². The van der Waals surface area contributed by atoms with Crippen LogP contribution in [0, 0.1) is 0 Å². The molecule has 126 valence electrons. The molecule has 0 bridgehead atoms. The number of aryl methyl sites for hydroxylation is 1.